The third-order valence-corrected chi connectivity index (χ3v) is 10.7. The van der Waals surface area contributed by atoms with Crippen molar-refractivity contribution in [3.8, 4) is 11.8 Å². The van der Waals surface area contributed by atoms with E-state index in [1.165, 1.54) is 14.2 Å². The van der Waals surface area contributed by atoms with Crippen molar-refractivity contribution in [1.82, 2.24) is 35.7 Å². The van der Waals surface area contributed by atoms with Crippen molar-refractivity contribution in [3.05, 3.63) is 137 Å². The van der Waals surface area contributed by atoms with Gasteiger partial charge >= 0.3 is 12.2 Å². The maximum Gasteiger partial charge on any atom is 0.407 e. The summed E-state index contributed by atoms with van der Waals surface area (Å²) in [4.78, 5) is 76.7. The predicted octanol–water partition coefficient (Wildman–Crippen LogP) is 5.54. The number of aromatic amines is 1. The summed E-state index contributed by atoms with van der Waals surface area (Å²) in [6, 6.07) is 28.4. The number of carbonyl (C=O) groups excluding carboxylic acids is 5. The molecule has 2 aliphatic rings. The Bertz CT molecular complexity index is 2370. The summed E-state index contributed by atoms with van der Waals surface area (Å²) in [7, 11) is 2.52. The lowest BCUT2D eigenvalue weighted by molar-refractivity contribution is -0.135. The number of aromatic nitrogens is 2. The number of ether oxygens (including phenoxy) is 2. The zero-order chi connectivity index (χ0) is 41.3. The average Bonchev–Trinajstić information content (AvgIpc) is 4.06. The van der Waals surface area contributed by atoms with Gasteiger partial charge in [-0.3, -0.25) is 14.4 Å². The van der Waals surface area contributed by atoms with Crippen molar-refractivity contribution in [2.24, 2.45) is 0 Å². The van der Waals surface area contributed by atoms with Gasteiger partial charge in [-0.1, -0.05) is 72.5 Å². The summed E-state index contributed by atoms with van der Waals surface area (Å²) < 4.78 is 9.58. The van der Waals surface area contributed by atoms with Crippen LogP contribution in [-0.4, -0.2) is 89.6 Å². The zero-order valence-corrected chi connectivity index (χ0v) is 32.8. The number of amides is 5. The number of rotatable bonds is 10. The van der Waals surface area contributed by atoms with Gasteiger partial charge in [0.25, 0.3) is 11.8 Å². The molecule has 2 fully saturated rings. The Morgan fingerprint density at radius 1 is 0.729 bits per heavy atom. The fourth-order valence-corrected chi connectivity index (χ4v) is 7.63. The zero-order valence-electron chi connectivity index (χ0n) is 32.8. The lowest BCUT2D eigenvalue weighted by Crippen LogP contribution is -2.48. The normalized spacial score (nSPS) is 17.0. The lowest BCUT2D eigenvalue weighted by Gasteiger charge is -2.29. The highest BCUT2D eigenvalue weighted by Crippen LogP contribution is 2.34. The monoisotopic (exact) mass is 795 g/mol. The molecule has 0 spiro atoms. The summed E-state index contributed by atoms with van der Waals surface area (Å²) >= 11 is 0. The smallest absolute Gasteiger partial charge is 0.407 e. The largest absolute Gasteiger partial charge is 0.453 e. The molecular weight excluding hydrogens is 751 g/mol. The number of imidazole rings is 1. The molecule has 5 aromatic rings. The van der Waals surface area contributed by atoms with Gasteiger partial charge in [0.05, 0.1) is 31.3 Å². The van der Waals surface area contributed by atoms with Crippen LogP contribution in [0, 0.1) is 11.8 Å². The first-order valence-corrected chi connectivity index (χ1v) is 19.5. The van der Waals surface area contributed by atoms with Crippen LogP contribution in [0.3, 0.4) is 0 Å². The van der Waals surface area contributed by atoms with Gasteiger partial charge in [-0.15, -0.1) is 0 Å². The summed E-state index contributed by atoms with van der Waals surface area (Å²) in [5.41, 5.74) is 4.76. The van der Waals surface area contributed by atoms with E-state index in [0.29, 0.717) is 35.6 Å². The van der Waals surface area contributed by atoms with Gasteiger partial charge in [0.1, 0.15) is 17.9 Å². The standard InChI is InChI=1S/C45H45N7O7/c1-58-44(56)49-38(31-11-5-3-6-12-31)42(54)51-25-9-15-34(51)28-46-41(53)33-22-19-29(20-23-33)17-18-30-21-24-35-36(27-30)48-40(47-35)37-16-10-26-52(37)43(55)39(50-45(57)59-2)32-13-7-4-8-14-32/h3-8,11-14,19-24,27,34,37-39H,9-10,15-16,25-26,28H2,1-2H3,(H,46,53)(H,47,48)(H,49,56)(H,50,57)/t34?,37?,38-,39-/m0/s1. The molecule has 4 atom stereocenters. The van der Waals surface area contributed by atoms with Crippen LogP contribution in [0.4, 0.5) is 9.59 Å². The number of alkyl carbamates (subject to hydrolysis) is 2. The van der Waals surface area contributed by atoms with Crippen LogP contribution in [-0.2, 0) is 19.1 Å². The second kappa shape index (κ2) is 18.4. The average molecular weight is 796 g/mol. The lowest BCUT2D eigenvalue weighted by atomic mass is 10.1. The van der Waals surface area contributed by atoms with Gasteiger partial charge < -0.3 is 40.2 Å². The van der Waals surface area contributed by atoms with E-state index >= 15 is 0 Å². The minimum atomic E-state index is -0.912. The maximum atomic E-state index is 13.9. The fraction of sp³-hybridized carbons (Fsp3) is 0.289. The van der Waals surface area contributed by atoms with Crippen molar-refractivity contribution in [2.45, 2.75) is 49.9 Å². The van der Waals surface area contributed by atoms with Gasteiger partial charge in [-0.25, -0.2) is 14.6 Å². The van der Waals surface area contributed by atoms with Gasteiger partial charge in [0, 0.05) is 42.4 Å². The fourth-order valence-electron chi connectivity index (χ4n) is 7.63. The topological polar surface area (TPSA) is 175 Å². The van der Waals surface area contributed by atoms with Crippen molar-refractivity contribution < 1.29 is 33.4 Å². The van der Waals surface area contributed by atoms with E-state index in [9.17, 15) is 24.0 Å². The van der Waals surface area contributed by atoms with E-state index in [-0.39, 0.29) is 36.3 Å². The van der Waals surface area contributed by atoms with Crippen LogP contribution < -0.4 is 16.0 Å². The minimum absolute atomic E-state index is 0.229. The number of H-pyrrole nitrogens is 1. The Balaban J connectivity index is 0.974. The molecule has 2 saturated heterocycles. The summed E-state index contributed by atoms with van der Waals surface area (Å²) in [5.74, 6) is 6.25. The highest BCUT2D eigenvalue weighted by atomic mass is 16.5. The molecule has 302 valence electrons. The first-order chi connectivity index (χ1) is 28.7. The molecule has 5 amide bonds. The van der Waals surface area contributed by atoms with Crippen molar-refractivity contribution in [1.29, 1.82) is 0 Å². The first kappa shape index (κ1) is 40.1. The van der Waals surface area contributed by atoms with E-state index in [1.807, 2.05) is 42.5 Å². The number of fused-ring (bicyclic) bond motifs is 1. The number of hydrogen-bond acceptors (Lipinski definition) is 8. The molecule has 2 aliphatic heterocycles. The van der Waals surface area contributed by atoms with Gasteiger partial charge in [0.2, 0.25) is 5.91 Å². The summed E-state index contributed by atoms with van der Waals surface area (Å²) in [5, 5.41) is 8.32. The molecular formula is C45H45N7O7. The van der Waals surface area contributed by atoms with Crippen LogP contribution in [0.2, 0.25) is 0 Å². The molecule has 0 bridgehead atoms. The Morgan fingerprint density at radius 2 is 1.29 bits per heavy atom. The predicted molar refractivity (Wildman–Crippen MR) is 219 cm³/mol. The molecule has 0 radical (unpaired) electrons. The van der Waals surface area contributed by atoms with Gasteiger partial charge in [-0.2, -0.15) is 0 Å². The Morgan fingerprint density at radius 3 is 1.92 bits per heavy atom. The molecule has 7 rings (SSSR count). The SMILES string of the molecule is COC(=O)N[C@H](C(=O)N1CCCC1CNC(=O)c1ccc(C#Cc2ccc3nc(C4CCCN4C(=O)[C@@H](NC(=O)OC)c4ccccc4)[nH]c3c2)cc1)c1ccccc1. The van der Waals surface area contributed by atoms with Crippen LogP contribution in [0.25, 0.3) is 11.0 Å². The summed E-state index contributed by atoms with van der Waals surface area (Å²) in [6.45, 7) is 1.30. The Kier molecular flexibility index (Phi) is 12.5. The van der Waals surface area contributed by atoms with E-state index in [4.69, 9.17) is 14.5 Å². The van der Waals surface area contributed by atoms with Crippen molar-refractivity contribution in [2.75, 3.05) is 33.9 Å². The van der Waals surface area contributed by atoms with Gasteiger partial charge in [0.15, 0.2) is 0 Å². The number of nitrogens with zero attached hydrogens (tertiary/aromatic N) is 3. The molecule has 14 nitrogen and oxygen atoms in total. The van der Waals surface area contributed by atoms with Gasteiger partial charge in [-0.05, 0) is 79.3 Å². The van der Waals surface area contributed by atoms with Crippen molar-refractivity contribution >= 4 is 40.9 Å². The number of methoxy groups -OCH3 is 2. The third kappa shape index (κ3) is 9.37. The van der Waals surface area contributed by atoms with Crippen molar-refractivity contribution in [3.63, 3.8) is 0 Å². The molecule has 2 unspecified atom stereocenters. The number of likely N-dealkylation sites (tertiary alicyclic amines) is 2. The highest BCUT2D eigenvalue weighted by Gasteiger charge is 2.38. The molecule has 4 aromatic carbocycles. The minimum Gasteiger partial charge on any atom is -0.453 e. The molecule has 14 heteroatoms. The van der Waals surface area contributed by atoms with Crippen LogP contribution >= 0.6 is 0 Å². The summed E-state index contributed by atoms with van der Waals surface area (Å²) in [6.07, 6.45) is 1.61. The van der Waals surface area contributed by atoms with Crippen LogP contribution in [0.15, 0.2) is 103 Å². The number of hydrogen-bond donors (Lipinski definition) is 4. The number of nitrogens with one attached hydrogen (secondary N) is 4. The molecule has 59 heavy (non-hydrogen) atoms. The Hall–Kier alpha value is -7.14. The molecule has 3 heterocycles. The Labute approximate surface area is 341 Å². The van der Waals surface area contributed by atoms with E-state index in [0.717, 1.165) is 47.8 Å². The quantitative estimate of drug-likeness (QED) is 0.133. The molecule has 4 N–H and O–H groups in total. The molecule has 0 saturated carbocycles. The number of carbonyl (C=O) groups is 5. The van der Waals surface area contributed by atoms with E-state index in [2.05, 4.69) is 32.8 Å². The van der Waals surface area contributed by atoms with E-state index in [1.54, 1.807) is 70.5 Å². The van der Waals surface area contributed by atoms with Crippen LogP contribution in [0.5, 0.6) is 0 Å². The highest BCUT2D eigenvalue weighted by molar-refractivity contribution is 5.94. The second-order valence-electron chi connectivity index (χ2n) is 14.4. The van der Waals surface area contributed by atoms with Crippen LogP contribution in [0.1, 0.15) is 82.2 Å². The molecule has 0 aliphatic carbocycles. The second-order valence-corrected chi connectivity index (χ2v) is 14.4. The van der Waals surface area contributed by atoms with E-state index < -0.39 is 24.3 Å². The third-order valence-electron chi connectivity index (χ3n) is 10.7. The maximum absolute atomic E-state index is 13.9. The first-order valence-electron chi connectivity index (χ1n) is 19.5. The molecule has 1 aromatic heterocycles. The number of benzene rings is 4.